The molecule has 0 aromatic carbocycles. The van der Waals surface area contributed by atoms with Gasteiger partial charge < -0.3 is 9.32 Å². The highest BCUT2D eigenvalue weighted by atomic mass is 32.2. The Labute approximate surface area is 147 Å². The molecular weight excluding hydrogens is 342 g/mol. The van der Waals surface area contributed by atoms with Gasteiger partial charge in [-0.15, -0.1) is 0 Å². The second kappa shape index (κ2) is 6.67. The van der Waals surface area contributed by atoms with E-state index in [-0.39, 0.29) is 24.0 Å². The van der Waals surface area contributed by atoms with Crippen LogP contribution in [0.15, 0.2) is 22.9 Å². The van der Waals surface area contributed by atoms with Crippen molar-refractivity contribution in [3.05, 3.63) is 41.1 Å². The van der Waals surface area contributed by atoms with Crippen molar-refractivity contribution in [2.45, 2.75) is 39.8 Å². The molecule has 0 aliphatic carbocycles. The van der Waals surface area contributed by atoms with Crippen molar-refractivity contribution >= 4 is 15.7 Å². The van der Waals surface area contributed by atoms with Crippen LogP contribution in [0.5, 0.6) is 0 Å². The molecule has 1 saturated heterocycles. The monoisotopic (exact) mass is 365 g/mol. The first-order valence-electron chi connectivity index (χ1n) is 8.47. The number of nitrogens with zero attached hydrogens (tertiary/aromatic N) is 3. The maximum Gasteiger partial charge on any atom is 0.290 e. The van der Waals surface area contributed by atoms with Crippen LogP contribution >= 0.6 is 0 Å². The molecule has 1 aliphatic rings. The van der Waals surface area contributed by atoms with Gasteiger partial charge in [0.2, 0.25) is 0 Å². The van der Waals surface area contributed by atoms with Gasteiger partial charge in [0, 0.05) is 36.8 Å². The van der Waals surface area contributed by atoms with Crippen LogP contribution in [0.3, 0.4) is 0 Å². The second-order valence-electron chi connectivity index (χ2n) is 6.34. The molecule has 0 N–H and O–H groups in total. The first-order chi connectivity index (χ1) is 11.8. The summed E-state index contributed by atoms with van der Waals surface area (Å²) in [6.45, 7) is 6.59. The molecular formula is C17H23N3O4S. The van der Waals surface area contributed by atoms with E-state index in [1.165, 1.54) is 0 Å². The Bertz CT molecular complexity index is 882. The lowest BCUT2D eigenvalue weighted by molar-refractivity contribution is 0.0662. The lowest BCUT2D eigenvalue weighted by Crippen LogP contribution is -2.46. The van der Waals surface area contributed by atoms with E-state index in [9.17, 15) is 13.2 Å². The molecule has 1 aliphatic heterocycles. The average molecular weight is 365 g/mol. The maximum absolute atomic E-state index is 13.0. The van der Waals surface area contributed by atoms with Crippen molar-refractivity contribution < 1.29 is 17.6 Å². The van der Waals surface area contributed by atoms with Gasteiger partial charge in [-0.1, -0.05) is 6.92 Å². The first kappa shape index (κ1) is 17.7. The average Bonchev–Trinajstić information content (AvgIpc) is 3.19. The van der Waals surface area contributed by atoms with Gasteiger partial charge in [0.25, 0.3) is 5.91 Å². The molecule has 25 heavy (non-hydrogen) atoms. The number of aromatic nitrogens is 2. The SMILES string of the molecule is CCc1cc(C)c(C(=O)N2CCS(=O)(=O)CC2c2cnn(CC)c2)o1. The Morgan fingerprint density at radius 3 is 2.76 bits per heavy atom. The van der Waals surface area contributed by atoms with E-state index in [1.807, 2.05) is 26.8 Å². The number of rotatable bonds is 4. The zero-order chi connectivity index (χ0) is 18.2. The van der Waals surface area contributed by atoms with Gasteiger partial charge in [-0.05, 0) is 19.9 Å². The summed E-state index contributed by atoms with van der Waals surface area (Å²) in [7, 11) is -3.20. The van der Waals surface area contributed by atoms with Gasteiger partial charge in [-0.25, -0.2) is 8.42 Å². The number of furan rings is 1. The molecule has 3 heterocycles. The predicted molar refractivity (Wildman–Crippen MR) is 93.2 cm³/mol. The normalized spacial score (nSPS) is 20.0. The van der Waals surface area contributed by atoms with Gasteiger partial charge in [0.15, 0.2) is 15.6 Å². The summed E-state index contributed by atoms with van der Waals surface area (Å²) in [4.78, 5) is 14.6. The third-order valence-corrected chi connectivity index (χ3v) is 6.19. The van der Waals surface area contributed by atoms with E-state index in [0.29, 0.717) is 18.7 Å². The number of hydrogen-bond acceptors (Lipinski definition) is 5. The van der Waals surface area contributed by atoms with Crippen LogP contribution in [-0.4, -0.2) is 47.1 Å². The van der Waals surface area contributed by atoms with Crippen LogP contribution < -0.4 is 0 Å². The Hall–Kier alpha value is -2.09. The summed E-state index contributed by atoms with van der Waals surface area (Å²) in [5, 5.41) is 4.22. The van der Waals surface area contributed by atoms with E-state index in [0.717, 1.165) is 16.9 Å². The second-order valence-corrected chi connectivity index (χ2v) is 8.57. The molecule has 1 amide bonds. The number of carbonyl (C=O) groups is 1. The summed E-state index contributed by atoms with van der Waals surface area (Å²) < 4.78 is 31.7. The van der Waals surface area contributed by atoms with Gasteiger partial charge in [-0.3, -0.25) is 9.48 Å². The number of hydrogen-bond donors (Lipinski definition) is 0. The minimum absolute atomic E-state index is 0.0302. The third kappa shape index (κ3) is 3.49. The van der Waals surface area contributed by atoms with Crippen molar-refractivity contribution in [1.82, 2.24) is 14.7 Å². The van der Waals surface area contributed by atoms with Gasteiger partial charge in [0.05, 0.1) is 23.7 Å². The minimum atomic E-state index is -3.20. The van der Waals surface area contributed by atoms with Gasteiger partial charge in [-0.2, -0.15) is 5.10 Å². The Morgan fingerprint density at radius 1 is 1.40 bits per heavy atom. The van der Waals surface area contributed by atoms with Crippen molar-refractivity contribution in [1.29, 1.82) is 0 Å². The molecule has 0 radical (unpaired) electrons. The fourth-order valence-corrected chi connectivity index (χ4v) is 4.61. The van der Waals surface area contributed by atoms with Crippen LogP contribution in [0.1, 0.15) is 47.3 Å². The molecule has 2 aromatic heterocycles. The van der Waals surface area contributed by atoms with E-state index in [4.69, 9.17) is 4.42 Å². The van der Waals surface area contributed by atoms with Crippen LogP contribution in [0, 0.1) is 6.92 Å². The highest BCUT2D eigenvalue weighted by molar-refractivity contribution is 7.91. The number of sulfone groups is 1. The molecule has 1 fully saturated rings. The van der Waals surface area contributed by atoms with E-state index >= 15 is 0 Å². The van der Waals surface area contributed by atoms with Crippen LogP contribution in [0.4, 0.5) is 0 Å². The molecule has 0 spiro atoms. The Balaban J connectivity index is 1.96. The molecule has 0 bridgehead atoms. The minimum Gasteiger partial charge on any atom is -0.456 e. The Morgan fingerprint density at radius 2 is 2.16 bits per heavy atom. The fraction of sp³-hybridized carbons (Fsp3) is 0.529. The largest absolute Gasteiger partial charge is 0.456 e. The van der Waals surface area contributed by atoms with E-state index in [2.05, 4.69) is 5.10 Å². The quantitative estimate of drug-likeness (QED) is 0.827. The van der Waals surface area contributed by atoms with E-state index in [1.54, 1.807) is 22.0 Å². The van der Waals surface area contributed by atoms with Crippen molar-refractivity contribution in [3.63, 3.8) is 0 Å². The first-order valence-corrected chi connectivity index (χ1v) is 10.3. The van der Waals surface area contributed by atoms with Crippen LogP contribution in [-0.2, 0) is 22.8 Å². The lowest BCUT2D eigenvalue weighted by Gasteiger charge is -2.34. The number of amides is 1. The highest BCUT2D eigenvalue weighted by Crippen LogP contribution is 2.29. The molecule has 1 unspecified atom stereocenters. The Kier molecular flexibility index (Phi) is 4.73. The van der Waals surface area contributed by atoms with Gasteiger partial charge >= 0.3 is 0 Å². The molecule has 0 saturated carbocycles. The summed E-state index contributed by atoms with van der Waals surface area (Å²) in [5.41, 5.74) is 1.51. The summed E-state index contributed by atoms with van der Waals surface area (Å²) in [6, 6.07) is 1.32. The lowest BCUT2D eigenvalue weighted by atomic mass is 10.1. The smallest absolute Gasteiger partial charge is 0.290 e. The van der Waals surface area contributed by atoms with Crippen molar-refractivity contribution in [2.75, 3.05) is 18.1 Å². The van der Waals surface area contributed by atoms with Crippen LogP contribution in [0.2, 0.25) is 0 Å². The van der Waals surface area contributed by atoms with Crippen molar-refractivity contribution in [3.8, 4) is 0 Å². The molecule has 7 nitrogen and oxygen atoms in total. The van der Waals surface area contributed by atoms with Crippen LogP contribution in [0.25, 0.3) is 0 Å². The third-order valence-electron chi connectivity index (χ3n) is 4.57. The molecule has 8 heteroatoms. The highest BCUT2D eigenvalue weighted by Gasteiger charge is 2.37. The fourth-order valence-electron chi connectivity index (χ4n) is 3.12. The predicted octanol–water partition coefficient (Wildman–Crippen LogP) is 1.98. The standard InChI is InChI=1S/C17H23N3O4S/c1-4-14-8-12(3)16(24-14)17(21)20-6-7-25(22,23)11-15(20)13-9-18-19(5-2)10-13/h8-10,15H,4-7,11H2,1-3H3. The zero-order valence-electron chi connectivity index (χ0n) is 14.7. The molecule has 2 aromatic rings. The van der Waals surface area contributed by atoms with Crippen molar-refractivity contribution in [2.24, 2.45) is 0 Å². The number of aryl methyl sites for hydroxylation is 3. The topological polar surface area (TPSA) is 85.4 Å². The summed E-state index contributed by atoms with van der Waals surface area (Å²) in [5.74, 6) is 0.665. The van der Waals surface area contributed by atoms with Gasteiger partial charge in [0.1, 0.15) is 5.76 Å². The molecule has 3 rings (SSSR count). The molecule has 1 atom stereocenters. The zero-order valence-corrected chi connectivity index (χ0v) is 15.5. The summed E-state index contributed by atoms with van der Waals surface area (Å²) >= 11 is 0. The van der Waals surface area contributed by atoms with E-state index < -0.39 is 15.9 Å². The molecule has 136 valence electrons. The maximum atomic E-state index is 13.0. The summed E-state index contributed by atoms with van der Waals surface area (Å²) in [6.07, 6.45) is 4.15. The number of carbonyl (C=O) groups excluding carboxylic acids is 1.